The van der Waals surface area contributed by atoms with Gasteiger partial charge >= 0.3 is 17.9 Å². The van der Waals surface area contributed by atoms with Gasteiger partial charge in [0.2, 0.25) is 0 Å². The molecule has 454 valence electrons. The van der Waals surface area contributed by atoms with Crippen LogP contribution in [-0.4, -0.2) is 37.2 Å². The molecular weight excluding hydrogens is 949 g/mol. The van der Waals surface area contributed by atoms with Gasteiger partial charge in [0.05, 0.1) is 0 Å². The lowest BCUT2D eigenvalue weighted by Crippen LogP contribution is -2.30. The van der Waals surface area contributed by atoms with Crippen LogP contribution in [0, 0.1) is 0 Å². The van der Waals surface area contributed by atoms with Crippen LogP contribution in [0.15, 0.2) is 24.3 Å². The molecular formula is C71H134O6. The number of allylic oxidation sites excluding steroid dienone is 4. The Balaban J connectivity index is 4.30. The zero-order chi connectivity index (χ0) is 55.7. The largest absolute Gasteiger partial charge is 0.462 e. The van der Waals surface area contributed by atoms with E-state index in [9.17, 15) is 14.4 Å². The predicted octanol–water partition coefficient (Wildman–Crippen LogP) is 23.8. The quantitative estimate of drug-likeness (QED) is 0.0261. The smallest absolute Gasteiger partial charge is 0.306 e. The van der Waals surface area contributed by atoms with Gasteiger partial charge in [-0.05, 0) is 51.4 Å². The van der Waals surface area contributed by atoms with Crippen molar-refractivity contribution in [2.45, 2.75) is 399 Å². The first kappa shape index (κ1) is 74.9. The van der Waals surface area contributed by atoms with Crippen molar-refractivity contribution >= 4 is 17.9 Å². The molecule has 0 aromatic carbocycles. The Kier molecular flexibility index (Phi) is 64.6. The van der Waals surface area contributed by atoms with Crippen molar-refractivity contribution in [3.8, 4) is 0 Å². The molecule has 0 N–H and O–H groups in total. The number of hydrogen-bond donors (Lipinski definition) is 0. The fourth-order valence-corrected chi connectivity index (χ4v) is 10.7. The van der Waals surface area contributed by atoms with Crippen LogP contribution in [0.1, 0.15) is 393 Å². The van der Waals surface area contributed by atoms with E-state index in [2.05, 4.69) is 45.1 Å². The number of carbonyl (C=O) groups is 3. The molecule has 0 spiro atoms. The summed E-state index contributed by atoms with van der Waals surface area (Å²) in [6.07, 6.45) is 80.5. The van der Waals surface area contributed by atoms with Gasteiger partial charge in [-0.3, -0.25) is 14.4 Å². The van der Waals surface area contributed by atoms with Gasteiger partial charge in [-0.15, -0.1) is 0 Å². The molecule has 0 saturated carbocycles. The van der Waals surface area contributed by atoms with Crippen molar-refractivity contribution in [3.63, 3.8) is 0 Å². The van der Waals surface area contributed by atoms with Crippen LogP contribution in [0.3, 0.4) is 0 Å². The Hall–Kier alpha value is -2.11. The second-order valence-corrected chi connectivity index (χ2v) is 23.8. The number of ether oxygens (including phenoxy) is 3. The van der Waals surface area contributed by atoms with Crippen molar-refractivity contribution in [3.05, 3.63) is 24.3 Å². The van der Waals surface area contributed by atoms with Gasteiger partial charge in [0.1, 0.15) is 13.2 Å². The maximum absolute atomic E-state index is 12.9. The van der Waals surface area contributed by atoms with E-state index in [0.717, 1.165) is 64.2 Å². The van der Waals surface area contributed by atoms with E-state index in [4.69, 9.17) is 14.2 Å². The molecule has 0 bridgehead atoms. The standard InChI is InChI=1S/C71H134O6/c1-4-7-10-13-16-19-22-25-28-31-34-35-38-40-43-46-49-52-55-58-61-64-70(73)76-67-68(77-71(74)65-62-59-56-53-50-47-44-41-37-33-30-27-24-21-18-15-12-9-6-3)66-75-69(72)63-60-57-54-51-48-45-42-39-36-32-29-26-23-20-17-14-11-8-5-2/h18,21,27,30,68H,4-17,19-20,22-26,28-29,31-67H2,1-3H3/b21-18-,30-27-. The van der Waals surface area contributed by atoms with Gasteiger partial charge in [0, 0.05) is 19.3 Å². The molecule has 0 aliphatic rings. The summed E-state index contributed by atoms with van der Waals surface area (Å²) in [5, 5.41) is 0. The number of esters is 3. The number of unbranched alkanes of at least 4 members (excludes halogenated alkanes) is 50. The van der Waals surface area contributed by atoms with E-state index in [0.29, 0.717) is 19.3 Å². The Morgan fingerprint density at radius 2 is 0.468 bits per heavy atom. The molecule has 0 amide bonds. The SMILES string of the molecule is CCCCC/C=C\C/C=C\CCCCCCCCCCCC(=O)OC(COC(=O)CCCCCCCCCCCCCCCCCCCCC)COC(=O)CCCCCCCCCCCCCCCCCCCCCCC. The minimum Gasteiger partial charge on any atom is -0.462 e. The van der Waals surface area contributed by atoms with Crippen molar-refractivity contribution in [1.82, 2.24) is 0 Å². The molecule has 0 fully saturated rings. The van der Waals surface area contributed by atoms with Crippen LogP contribution in [0.2, 0.25) is 0 Å². The Morgan fingerprint density at radius 1 is 0.260 bits per heavy atom. The lowest BCUT2D eigenvalue weighted by Gasteiger charge is -2.18. The molecule has 1 unspecified atom stereocenters. The third-order valence-corrected chi connectivity index (χ3v) is 16.0. The summed E-state index contributed by atoms with van der Waals surface area (Å²) >= 11 is 0. The second-order valence-electron chi connectivity index (χ2n) is 23.8. The first-order valence-corrected chi connectivity index (χ1v) is 34.8. The Bertz CT molecular complexity index is 1240. The zero-order valence-electron chi connectivity index (χ0n) is 52.3. The van der Waals surface area contributed by atoms with Crippen LogP contribution < -0.4 is 0 Å². The van der Waals surface area contributed by atoms with Crippen LogP contribution >= 0.6 is 0 Å². The van der Waals surface area contributed by atoms with Crippen molar-refractivity contribution in [1.29, 1.82) is 0 Å². The molecule has 0 aromatic rings. The summed E-state index contributed by atoms with van der Waals surface area (Å²) in [6, 6.07) is 0. The lowest BCUT2D eigenvalue weighted by molar-refractivity contribution is -0.167. The summed E-state index contributed by atoms with van der Waals surface area (Å²) in [6.45, 7) is 6.70. The van der Waals surface area contributed by atoms with E-state index in [1.807, 2.05) is 0 Å². The molecule has 0 rings (SSSR count). The summed E-state index contributed by atoms with van der Waals surface area (Å²) < 4.78 is 17.0. The van der Waals surface area contributed by atoms with E-state index < -0.39 is 6.10 Å². The number of hydrogen-bond acceptors (Lipinski definition) is 6. The molecule has 6 heteroatoms. The molecule has 0 aromatic heterocycles. The highest BCUT2D eigenvalue weighted by molar-refractivity contribution is 5.71. The molecule has 0 aliphatic carbocycles. The summed E-state index contributed by atoms with van der Waals surface area (Å²) in [5.41, 5.74) is 0. The number of carbonyl (C=O) groups excluding carboxylic acids is 3. The van der Waals surface area contributed by atoms with E-state index in [-0.39, 0.29) is 31.1 Å². The third-order valence-electron chi connectivity index (χ3n) is 16.0. The average molecular weight is 1080 g/mol. The summed E-state index contributed by atoms with van der Waals surface area (Å²) in [5.74, 6) is -0.836. The van der Waals surface area contributed by atoms with E-state index >= 15 is 0 Å². The van der Waals surface area contributed by atoms with Gasteiger partial charge in [0.25, 0.3) is 0 Å². The molecule has 0 radical (unpaired) electrons. The van der Waals surface area contributed by atoms with Crippen LogP contribution in [-0.2, 0) is 28.6 Å². The van der Waals surface area contributed by atoms with E-state index in [1.165, 1.54) is 289 Å². The topological polar surface area (TPSA) is 78.9 Å². The van der Waals surface area contributed by atoms with Crippen molar-refractivity contribution < 1.29 is 28.6 Å². The molecule has 1 atom stereocenters. The minimum atomic E-state index is -0.770. The lowest BCUT2D eigenvalue weighted by atomic mass is 10.0. The van der Waals surface area contributed by atoms with Crippen molar-refractivity contribution in [2.75, 3.05) is 13.2 Å². The molecule has 0 heterocycles. The minimum absolute atomic E-state index is 0.0663. The van der Waals surface area contributed by atoms with Crippen LogP contribution in [0.4, 0.5) is 0 Å². The van der Waals surface area contributed by atoms with Crippen LogP contribution in [0.5, 0.6) is 0 Å². The highest BCUT2D eigenvalue weighted by Crippen LogP contribution is 2.19. The van der Waals surface area contributed by atoms with Crippen LogP contribution in [0.25, 0.3) is 0 Å². The normalized spacial score (nSPS) is 12.1. The fourth-order valence-electron chi connectivity index (χ4n) is 10.7. The molecule has 77 heavy (non-hydrogen) atoms. The molecule has 0 aliphatic heterocycles. The van der Waals surface area contributed by atoms with E-state index in [1.54, 1.807) is 0 Å². The first-order chi connectivity index (χ1) is 38.0. The Morgan fingerprint density at radius 3 is 0.740 bits per heavy atom. The maximum atomic E-state index is 12.9. The van der Waals surface area contributed by atoms with Gasteiger partial charge in [-0.25, -0.2) is 0 Å². The summed E-state index contributed by atoms with van der Waals surface area (Å²) in [7, 11) is 0. The van der Waals surface area contributed by atoms with Gasteiger partial charge < -0.3 is 14.2 Å². The third kappa shape index (κ3) is 64.6. The maximum Gasteiger partial charge on any atom is 0.306 e. The first-order valence-electron chi connectivity index (χ1n) is 34.8. The zero-order valence-corrected chi connectivity index (χ0v) is 52.3. The van der Waals surface area contributed by atoms with Gasteiger partial charge in [-0.2, -0.15) is 0 Å². The van der Waals surface area contributed by atoms with Crippen molar-refractivity contribution in [2.24, 2.45) is 0 Å². The van der Waals surface area contributed by atoms with Gasteiger partial charge in [-0.1, -0.05) is 347 Å². The molecule has 0 saturated heterocycles. The summed E-state index contributed by atoms with van der Waals surface area (Å²) in [4.78, 5) is 38.5. The number of rotatable bonds is 65. The van der Waals surface area contributed by atoms with Gasteiger partial charge in [0.15, 0.2) is 6.10 Å². The molecule has 6 nitrogen and oxygen atoms in total. The monoisotopic (exact) mass is 1080 g/mol. The second kappa shape index (κ2) is 66.4. The average Bonchev–Trinajstić information content (AvgIpc) is 3.43. The fraction of sp³-hybridized carbons (Fsp3) is 0.901. The predicted molar refractivity (Wildman–Crippen MR) is 335 cm³/mol. The highest BCUT2D eigenvalue weighted by Gasteiger charge is 2.19. The highest BCUT2D eigenvalue weighted by atomic mass is 16.6. The Labute approximate surface area is 481 Å².